The second-order valence-corrected chi connectivity index (χ2v) is 9.47. The number of benzene rings is 1. The number of thioether (sulfide) groups is 1. The third-order valence-corrected chi connectivity index (χ3v) is 7.38. The molecule has 0 saturated heterocycles. The van der Waals surface area contributed by atoms with Gasteiger partial charge < -0.3 is 28.8 Å². The van der Waals surface area contributed by atoms with E-state index in [9.17, 15) is 9.59 Å². The largest absolute Gasteiger partial charge is 0.493 e. The van der Waals surface area contributed by atoms with Crippen molar-refractivity contribution in [1.82, 2.24) is 14.8 Å². The van der Waals surface area contributed by atoms with E-state index in [0.29, 0.717) is 45.2 Å². The van der Waals surface area contributed by atoms with Crippen LogP contribution in [0, 0.1) is 6.92 Å². The standard InChI is InChI=1S/C23H28N4O6S2/c1-8-14-12(2)35-21(18(14)22(29)33-7)24-17(28)11-34-23-26-25-20(27(23)3)13-9-15(30-4)19(32-6)16(10-13)31-5/h9-10H,8,11H2,1-7H3,(H,24,28). The minimum absolute atomic E-state index is 0.0836. The molecule has 1 amide bonds. The van der Waals surface area contributed by atoms with E-state index >= 15 is 0 Å². The number of nitrogens with zero attached hydrogens (tertiary/aromatic N) is 3. The maximum atomic E-state index is 12.7. The number of aromatic nitrogens is 3. The molecule has 0 saturated carbocycles. The summed E-state index contributed by atoms with van der Waals surface area (Å²) in [6.07, 6.45) is 0.667. The number of rotatable bonds is 10. The van der Waals surface area contributed by atoms with Crippen LogP contribution in [0.3, 0.4) is 0 Å². The van der Waals surface area contributed by atoms with Gasteiger partial charge in [-0.05, 0) is 31.0 Å². The summed E-state index contributed by atoms with van der Waals surface area (Å²) in [5.74, 6) is 1.41. The number of hydrogen-bond donors (Lipinski definition) is 1. The zero-order valence-corrected chi connectivity index (χ0v) is 22.3. The lowest BCUT2D eigenvalue weighted by molar-refractivity contribution is -0.113. The smallest absolute Gasteiger partial charge is 0.341 e. The van der Waals surface area contributed by atoms with E-state index in [1.165, 1.54) is 37.3 Å². The topological polar surface area (TPSA) is 114 Å². The second kappa shape index (κ2) is 11.5. The Balaban J connectivity index is 1.78. The molecule has 35 heavy (non-hydrogen) atoms. The van der Waals surface area contributed by atoms with Crippen molar-refractivity contribution in [1.29, 1.82) is 0 Å². The minimum Gasteiger partial charge on any atom is -0.493 e. The highest BCUT2D eigenvalue weighted by atomic mass is 32.2. The fraction of sp³-hybridized carbons (Fsp3) is 0.391. The van der Waals surface area contributed by atoms with Crippen LogP contribution in [0.15, 0.2) is 17.3 Å². The molecule has 0 fully saturated rings. The van der Waals surface area contributed by atoms with E-state index in [1.54, 1.807) is 30.9 Å². The summed E-state index contributed by atoms with van der Waals surface area (Å²) in [5, 5.41) is 12.4. The van der Waals surface area contributed by atoms with Gasteiger partial charge in [0.15, 0.2) is 22.5 Å². The fourth-order valence-corrected chi connectivity index (χ4v) is 5.47. The van der Waals surface area contributed by atoms with Crippen LogP contribution >= 0.6 is 23.1 Å². The van der Waals surface area contributed by atoms with Gasteiger partial charge in [-0.3, -0.25) is 4.79 Å². The normalized spacial score (nSPS) is 10.7. The molecule has 0 bridgehead atoms. The number of methoxy groups -OCH3 is 4. The van der Waals surface area contributed by atoms with Crippen molar-refractivity contribution >= 4 is 40.0 Å². The van der Waals surface area contributed by atoms with Gasteiger partial charge in [-0.15, -0.1) is 21.5 Å². The van der Waals surface area contributed by atoms with Crippen molar-refractivity contribution in [2.24, 2.45) is 7.05 Å². The number of anilines is 1. The van der Waals surface area contributed by atoms with Crippen LogP contribution in [0.1, 0.15) is 27.7 Å². The number of aryl methyl sites for hydroxylation is 1. The maximum Gasteiger partial charge on any atom is 0.341 e. The number of carbonyl (C=O) groups is 2. The molecule has 0 radical (unpaired) electrons. The molecule has 0 aliphatic carbocycles. The maximum absolute atomic E-state index is 12.7. The predicted molar refractivity (Wildman–Crippen MR) is 135 cm³/mol. The van der Waals surface area contributed by atoms with Crippen LogP contribution in [0.5, 0.6) is 17.2 Å². The molecule has 0 spiro atoms. The number of amides is 1. The Morgan fingerprint density at radius 2 is 1.74 bits per heavy atom. The highest BCUT2D eigenvalue weighted by Gasteiger charge is 2.24. The summed E-state index contributed by atoms with van der Waals surface area (Å²) in [4.78, 5) is 26.0. The van der Waals surface area contributed by atoms with Crippen LogP contribution in [0.2, 0.25) is 0 Å². The molecule has 188 valence electrons. The van der Waals surface area contributed by atoms with E-state index < -0.39 is 5.97 Å². The molecular formula is C23H28N4O6S2. The molecule has 0 unspecified atom stereocenters. The monoisotopic (exact) mass is 520 g/mol. The lowest BCUT2D eigenvalue weighted by atomic mass is 10.1. The summed E-state index contributed by atoms with van der Waals surface area (Å²) < 4.78 is 22.9. The number of ether oxygens (including phenoxy) is 4. The van der Waals surface area contributed by atoms with Crippen LogP contribution in [0.25, 0.3) is 11.4 Å². The average molecular weight is 521 g/mol. The van der Waals surface area contributed by atoms with Gasteiger partial charge in [0.25, 0.3) is 0 Å². The molecule has 3 rings (SSSR count). The Bertz CT molecular complexity index is 1210. The van der Waals surface area contributed by atoms with Gasteiger partial charge in [0.1, 0.15) is 5.00 Å². The van der Waals surface area contributed by atoms with Crippen molar-refractivity contribution in [3.05, 3.63) is 28.1 Å². The summed E-state index contributed by atoms with van der Waals surface area (Å²) in [6, 6.07) is 3.57. The van der Waals surface area contributed by atoms with Crippen LogP contribution < -0.4 is 19.5 Å². The molecule has 3 aromatic rings. The summed E-state index contributed by atoms with van der Waals surface area (Å²) in [6.45, 7) is 3.88. The second-order valence-electron chi connectivity index (χ2n) is 7.30. The van der Waals surface area contributed by atoms with E-state index in [-0.39, 0.29) is 11.7 Å². The lowest BCUT2D eigenvalue weighted by Gasteiger charge is -2.14. The van der Waals surface area contributed by atoms with Crippen LogP contribution in [-0.2, 0) is 23.0 Å². The number of carbonyl (C=O) groups excluding carboxylic acids is 2. The average Bonchev–Trinajstić information content (AvgIpc) is 3.39. The van der Waals surface area contributed by atoms with E-state index in [4.69, 9.17) is 18.9 Å². The van der Waals surface area contributed by atoms with Gasteiger partial charge in [0, 0.05) is 17.5 Å². The molecule has 10 nitrogen and oxygen atoms in total. The van der Waals surface area contributed by atoms with Crippen molar-refractivity contribution in [2.45, 2.75) is 25.4 Å². The van der Waals surface area contributed by atoms with Gasteiger partial charge in [-0.25, -0.2) is 4.79 Å². The van der Waals surface area contributed by atoms with Gasteiger partial charge in [0.2, 0.25) is 11.7 Å². The van der Waals surface area contributed by atoms with E-state index in [2.05, 4.69) is 15.5 Å². The number of thiophene rings is 1. The van der Waals surface area contributed by atoms with Crippen LogP contribution in [-0.4, -0.2) is 60.8 Å². The summed E-state index contributed by atoms with van der Waals surface area (Å²) in [7, 11) is 7.76. The van der Waals surface area contributed by atoms with Gasteiger partial charge >= 0.3 is 5.97 Å². The summed E-state index contributed by atoms with van der Waals surface area (Å²) >= 11 is 2.60. The Labute approximate surface area is 211 Å². The molecular weight excluding hydrogens is 492 g/mol. The Morgan fingerprint density at radius 3 is 2.29 bits per heavy atom. The van der Waals surface area contributed by atoms with Crippen molar-refractivity contribution in [3.63, 3.8) is 0 Å². The third-order valence-electron chi connectivity index (χ3n) is 5.30. The first-order chi connectivity index (χ1) is 16.8. The number of hydrogen-bond acceptors (Lipinski definition) is 10. The molecule has 12 heteroatoms. The SMILES string of the molecule is CCc1c(C)sc(NC(=O)CSc2nnc(-c3cc(OC)c(OC)c(OC)c3)n2C)c1C(=O)OC. The molecule has 0 atom stereocenters. The van der Waals surface area contributed by atoms with Crippen molar-refractivity contribution < 1.29 is 28.5 Å². The highest BCUT2D eigenvalue weighted by Crippen LogP contribution is 2.41. The quantitative estimate of drug-likeness (QED) is 0.313. The first-order valence-corrected chi connectivity index (χ1v) is 12.4. The van der Waals surface area contributed by atoms with E-state index in [0.717, 1.165) is 16.0 Å². The molecule has 1 N–H and O–H groups in total. The predicted octanol–water partition coefficient (Wildman–Crippen LogP) is 3.96. The lowest BCUT2D eigenvalue weighted by Crippen LogP contribution is -2.16. The molecule has 2 heterocycles. The Hall–Kier alpha value is -3.25. The molecule has 0 aliphatic rings. The van der Waals surface area contributed by atoms with Gasteiger partial charge in [0.05, 0.1) is 39.8 Å². The first kappa shape index (κ1) is 26.4. The Kier molecular flexibility index (Phi) is 8.62. The third kappa shape index (κ3) is 5.38. The zero-order chi connectivity index (χ0) is 25.7. The highest BCUT2D eigenvalue weighted by molar-refractivity contribution is 7.99. The fourth-order valence-electron chi connectivity index (χ4n) is 3.61. The van der Waals surface area contributed by atoms with Crippen molar-refractivity contribution in [3.8, 4) is 28.6 Å². The van der Waals surface area contributed by atoms with Crippen LogP contribution in [0.4, 0.5) is 5.00 Å². The van der Waals surface area contributed by atoms with Gasteiger partial charge in [-0.1, -0.05) is 18.7 Å². The van der Waals surface area contributed by atoms with Crippen molar-refractivity contribution in [2.75, 3.05) is 39.5 Å². The van der Waals surface area contributed by atoms with Gasteiger partial charge in [-0.2, -0.15) is 0 Å². The number of nitrogens with one attached hydrogen (secondary N) is 1. The first-order valence-electron chi connectivity index (χ1n) is 10.6. The van der Waals surface area contributed by atoms with E-state index in [1.807, 2.05) is 20.9 Å². The Morgan fingerprint density at radius 1 is 1.09 bits per heavy atom. The molecule has 1 aromatic carbocycles. The zero-order valence-electron chi connectivity index (χ0n) is 20.7. The molecule has 2 aromatic heterocycles. The molecule has 0 aliphatic heterocycles. The minimum atomic E-state index is -0.461. The number of esters is 1. The summed E-state index contributed by atoms with van der Waals surface area (Å²) in [5.41, 5.74) is 2.02.